The second-order valence-electron chi connectivity index (χ2n) is 7.88. The first-order valence-corrected chi connectivity index (χ1v) is 11.5. The van der Waals surface area contributed by atoms with Crippen LogP contribution in [0.2, 0.25) is 0 Å². The van der Waals surface area contributed by atoms with Gasteiger partial charge in [-0.3, -0.25) is 16.2 Å². The minimum absolute atomic E-state index is 0. The molecule has 0 aliphatic carbocycles. The molecular weight excluding hydrogens is 680 g/mol. The molecule has 0 unspecified atom stereocenters. The molecule has 9 N–H and O–H groups in total. The molecule has 0 amide bonds. The second-order valence-corrected chi connectivity index (χ2v) is 7.88. The Morgan fingerprint density at radius 1 is 0.667 bits per heavy atom. The molecule has 0 saturated carbocycles. The number of nitrogens with two attached hydrogens (primary N) is 2. The zero-order chi connectivity index (χ0) is 23.7. The number of nitrogens with zero attached hydrogens (tertiary/aromatic N) is 2. The maximum absolute atomic E-state index is 7.30. The van der Waals surface area contributed by atoms with Gasteiger partial charge in [-0.25, -0.2) is 0 Å². The summed E-state index contributed by atoms with van der Waals surface area (Å²) < 4.78 is 0. The Bertz CT molecular complexity index is 835. The summed E-state index contributed by atoms with van der Waals surface area (Å²) in [5, 5.41) is 29.0. The molecule has 2 aliphatic heterocycles. The summed E-state index contributed by atoms with van der Waals surface area (Å²) in [5.74, 6) is 0.0379. The molecule has 2 saturated heterocycles. The Kier molecular flexibility index (Phi) is 22.3. The third-order valence-corrected chi connectivity index (χ3v) is 5.13. The number of rotatable bonds is 5. The number of benzene rings is 2. The van der Waals surface area contributed by atoms with Crippen LogP contribution in [-0.4, -0.2) is 37.9 Å². The van der Waals surface area contributed by atoms with Crippen molar-refractivity contribution in [2.45, 2.75) is 38.5 Å². The summed E-state index contributed by atoms with van der Waals surface area (Å²) in [7, 11) is 0. The molecule has 2 aromatic carbocycles. The van der Waals surface area contributed by atoms with Crippen LogP contribution in [0, 0.1) is 10.8 Å². The van der Waals surface area contributed by atoms with E-state index in [4.69, 9.17) is 22.3 Å². The SMILES string of the molecule is C1CCNCC1.C1CCNCC1.Cl.Cl.N=C(N)c1ccc(N=NNc2ccc(C(=N)N)cc2)cc1.[Pt+2]. The quantitative estimate of drug-likeness (QED) is 0.103. The standard InChI is InChI=1S/C14H15N7.2C5H11N.2ClH.Pt/c15-13(16)9-1-5-11(6-2-9)19-21-20-12-7-3-10(4-8-12)14(17)18;2*1-2-4-6-5-3-1;;;/h1-8H,(H3,15,16)(H3,17,18)(H,19,20);2*6H,1-5H2;2*1H;/q;;;;;+2. The Labute approximate surface area is 241 Å². The van der Waals surface area contributed by atoms with Crippen molar-refractivity contribution in [3.8, 4) is 0 Å². The molecule has 36 heavy (non-hydrogen) atoms. The van der Waals surface area contributed by atoms with E-state index in [0.29, 0.717) is 16.8 Å². The first kappa shape index (κ1) is 36.1. The zero-order valence-electron chi connectivity index (χ0n) is 20.4. The molecule has 202 valence electrons. The number of hydrogen-bond donors (Lipinski definition) is 7. The Balaban J connectivity index is 0. The molecular formula is C24H39Cl2N9Pt+2. The fourth-order valence-electron chi connectivity index (χ4n) is 3.18. The van der Waals surface area contributed by atoms with Gasteiger partial charge in [-0.15, -0.1) is 29.9 Å². The molecule has 2 fully saturated rings. The van der Waals surface area contributed by atoms with Crippen molar-refractivity contribution in [1.82, 2.24) is 10.6 Å². The van der Waals surface area contributed by atoms with E-state index in [2.05, 4.69) is 26.4 Å². The summed E-state index contributed by atoms with van der Waals surface area (Å²) in [6.45, 7) is 5.00. The number of amidine groups is 2. The van der Waals surface area contributed by atoms with E-state index in [-0.39, 0.29) is 57.6 Å². The Morgan fingerprint density at radius 2 is 1.06 bits per heavy atom. The van der Waals surface area contributed by atoms with Gasteiger partial charge in [0.1, 0.15) is 11.7 Å². The van der Waals surface area contributed by atoms with Gasteiger partial charge >= 0.3 is 21.1 Å². The van der Waals surface area contributed by atoms with Crippen molar-refractivity contribution in [3.63, 3.8) is 0 Å². The number of anilines is 1. The van der Waals surface area contributed by atoms with Gasteiger partial charge in [0.05, 0.1) is 11.4 Å². The van der Waals surface area contributed by atoms with Gasteiger partial charge in [-0.1, -0.05) is 18.1 Å². The van der Waals surface area contributed by atoms with E-state index in [9.17, 15) is 0 Å². The van der Waals surface area contributed by atoms with Crippen molar-refractivity contribution in [3.05, 3.63) is 59.7 Å². The van der Waals surface area contributed by atoms with Crippen LogP contribution < -0.4 is 27.5 Å². The summed E-state index contributed by atoms with van der Waals surface area (Å²) >= 11 is 0. The monoisotopic (exact) mass is 718 g/mol. The molecule has 2 heterocycles. The molecule has 0 spiro atoms. The topological polar surface area (TPSA) is 161 Å². The smallest absolute Gasteiger partial charge is 0.384 e. The van der Waals surface area contributed by atoms with E-state index < -0.39 is 0 Å². The van der Waals surface area contributed by atoms with Crippen molar-refractivity contribution < 1.29 is 21.1 Å². The van der Waals surface area contributed by atoms with Crippen LogP contribution in [0.4, 0.5) is 11.4 Å². The normalized spacial score (nSPS) is 14.1. The van der Waals surface area contributed by atoms with Crippen LogP contribution in [0.3, 0.4) is 0 Å². The first-order valence-electron chi connectivity index (χ1n) is 11.5. The minimum atomic E-state index is 0. The maximum atomic E-state index is 7.30. The Hall–Kier alpha value is -2.03. The predicted octanol–water partition coefficient (Wildman–Crippen LogP) is 4.73. The van der Waals surface area contributed by atoms with Crippen LogP contribution in [0.5, 0.6) is 0 Å². The molecule has 0 bridgehead atoms. The van der Waals surface area contributed by atoms with Crippen LogP contribution >= 0.6 is 24.8 Å². The number of hydrogen-bond acceptors (Lipinski definition) is 6. The van der Waals surface area contributed by atoms with Gasteiger partial charge in [0.2, 0.25) is 0 Å². The van der Waals surface area contributed by atoms with E-state index in [0.717, 1.165) is 5.69 Å². The van der Waals surface area contributed by atoms with E-state index in [1.807, 2.05) is 0 Å². The number of halogens is 2. The number of nitrogen functional groups attached to an aromatic ring is 2. The average Bonchev–Trinajstić information content (AvgIpc) is 2.87. The van der Waals surface area contributed by atoms with E-state index in [1.54, 1.807) is 48.5 Å². The fourth-order valence-corrected chi connectivity index (χ4v) is 3.18. The number of piperidine rings is 2. The third kappa shape index (κ3) is 15.9. The van der Waals surface area contributed by atoms with Crippen LogP contribution in [0.1, 0.15) is 49.7 Å². The largest absolute Gasteiger partial charge is 2.00 e. The van der Waals surface area contributed by atoms with Gasteiger partial charge < -0.3 is 22.1 Å². The summed E-state index contributed by atoms with van der Waals surface area (Å²) in [6.07, 6.45) is 8.43. The number of nitrogens with one attached hydrogen (secondary N) is 5. The molecule has 4 rings (SSSR count). The van der Waals surface area contributed by atoms with Crippen molar-refractivity contribution in [2.24, 2.45) is 21.8 Å². The van der Waals surface area contributed by atoms with Gasteiger partial charge in [0.15, 0.2) is 0 Å². The van der Waals surface area contributed by atoms with Crippen LogP contribution in [0.15, 0.2) is 58.9 Å². The fraction of sp³-hybridized carbons (Fsp3) is 0.417. The van der Waals surface area contributed by atoms with Crippen molar-refractivity contribution >= 4 is 47.9 Å². The first-order chi connectivity index (χ1) is 16.1. The molecule has 0 aromatic heterocycles. The summed E-state index contributed by atoms with van der Waals surface area (Å²) in [4.78, 5) is 0. The van der Waals surface area contributed by atoms with Crippen LogP contribution in [0.25, 0.3) is 0 Å². The van der Waals surface area contributed by atoms with Gasteiger partial charge in [0.25, 0.3) is 0 Å². The van der Waals surface area contributed by atoms with E-state index in [1.165, 1.54) is 64.7 Å². The maximum Gasteiger partial charge on any atom is 2.00 e. The van der Waals surface area contributed by atoms with Crippen molar-refractivity contribution in [1.29, 1.82) is 10.8 Å². The molecule has 2 aliphatic rings. The molecule has 0 radical (unpaired) electrons. The van der Waals surface area contributed by atoms with Crippen molar-refractivity contribution in [2.75, 3.05) is 31.6 Å². The second kappa shape index (κ2) is 22.2. The minimum Gasteiger partial charge on any atom is -0.384 e. The Morgan fingerprint density at radius 3 is 1.36 bits per heavy atom. The average molecular weight is 720 g/mol. The van der Waals surface area contributed by atoms with E-state index >= 15 is 0 Å². The van der Waals surface area contributed by atoms with Crippen LogP contribution in [-0.2, 0) is 21.1 Å². The molecule has 0 atom stereocenters. The van der Waals surface area contributed by atoms with Gasteiger partial charge in [0, 0.05) is 11.1 Å². The predicted molar refractivity (Wildman–Crippen MR) is 151 cm³/mol. The molecule has 2 aromatic rings. The molecule has 9 nitrogen and oxygen atoms in total. The van der Waals surface area contributed by atoms with Gasteiger partial charge in [-0.05, 0) is 100 Å². The molecule has 12 heteroatoms. The summed E-state index contributed by atoms with van der Waals surface area (Å²) in [6, 6.07) is 13.8. The summed E-state index contributed by atoms with van der Waals surface area (Å²) in [5.41, 5.74) is 16.2. The third-order valence-electron chi connectivity index (χ3n) is 5.13. The van der Waals surface area contributed by atoms with Gasteiger partial charge in [-0.2, -0.15) is 0 Å². The zero-order valence-corrected chi connectivity index (χ0v) is 24.3.